The van der Waals surface area contributed by atoms with E-state index in [0.29, 0.717) is 19.6 Å². The first-order valence-electron chi connectivity index (χ1n) is 11.0. The van der Waals surface area contributed by atoms with E-state index in [0.717, 1.165) is 44.2 Å². The van der Waals surface area contributed by atoms with Crippen LogP contribution in [0, 0.1) is 0 Å². The van der Waals surface area contributed by atoms with E-state index < -0.39 is 0 Å². The van der Waals surface area contributed by atoms with Crippen LogP contribution in [0.15, 0.2) is 59.6 Å². The highest BCUT2D eigenvalue weighted by molar-refractivity contribution is 5.82. The smallest absolute Gasteiger partial charge is 0.239 e. The summed E-state index contributed by atoms with van der Waals surface area (Å²) in [7, 11) is 1.79. The van der Waals surface area contributed by atoms with Crippen LogP contribution >= 0.6 is 0 Å². The van der Waals surface area contributed by atoms with E-state index in [1.54, 1.807) is 7.05 Å². The van der Waals surface area contributed by atoms with Gasteiger partial charge in [0, 0.05) is 57.7 Å². The number of hydrogen-bond donors (Lipinski definition) is 3. The molecule has 0 aromatic heterocycles. The summed E-state index contributed by atoms with van der Waals surface area (Å²) in [5.74, 6) is 0.886. The van der Waals surface area contributed by atoms with Crippen molar-refractivity contribution in [1.29, 1.82) is 0 Å². The summed E-state index contributed by atoms with van der Waals surface area (Å²) in [6, 6.07) is 18.9. The van der Waals surface area contributed by atoms with Gasteiger partial charge in [-0.3, -0.25) is 9.79 Å². The molecule has 0 bridgehead atoms. The summed E-state index contributed by atoms with van der Waals surface area (Å²) in [6.45, 7) is 7.71. The summed E-state index contributed by atoms with van der Waals surface area (Å²) in [4.78, 5) is 20.4. The predicted octanol–water partition coefficient (Wildman–Crippen LogP) is 2.20. The number of para-hydroxylation sites is 1. The Morgan fingerprint density at radius 2 is 1.90 bits per heavy atom. The minimum absolute atomic E-state index is 0.0812. The Morgan fingerprint density at radius 1 is 1.13 bits per heavy atom. The van der Waals surface area contributed by atoms with Gasteiger partial charge in [-0.05, 0) is 43.2 Å². The first-order valence-corrected chi connectivity index (χ1v) is 11.0. The van der Waals surface area contributed by atoms with Crippen molar-refractivity contribution >= 4 is 23.2 Å². The van der Waals surface area contributed by atoms with Crippen LogP contribution in [0.5, 0.6) is 0 Å². The lowest BCUT2D eigenvalue weighted by atomic mass is 10.2. The average Bonchev–Trinajstić information content (AvgIpc) is 2.82. The number of hydrogen-bond acceptors (Lipinski definition) is 4. The minimum Gasteiger partial charge on any atom is -0.372 e. The van der Waals surface area contributed by atoms with Crippen LogP contribution in [-0.4, -0.2) is 58.2 Å². The molecule has 0 saturated carbocycles. The molecule has 31 heavy (non-hydrogen) atoms. The number of benzene rings is 2. The number of carbonyl (C=O) groups excluding carboxylic acids is 1. The highest BCUT2D eigenvalue weighted by Crippen LogP contribution is 2.16. The minimum atomic E-state index is 0.0812. The Balaban J connectivity index is 1.39. The molecule has 1 amide bonds. The second-order valence-electron chi connectivity index (χ2n) is 7.56. The van der Waals surface area contributed by atoms with Crippen LogP contribution in [0.1, 0.15) is 18.9 Å². The van der Waals surface area contributed by atoms with E-state index in [2.05, 4.69) is 86.2 Å². The number of carbonyl (C=O) groups is 1. The summed E-state index contributed by atoms with van der Waals surface area (Å²) in [6.07, 6.45) is 1.03. The van der Waals surface area contributed by atoms with Crippen molar-refractivity contribution in [3.8, 4) is 0 Å². The highest BCUT2D eigenvalue weighted by Gasteiger charge is 2.16. The lowest BCUT2D eigenvalue weighted by Crippen LogP contribution is -2.47. The standard InChI is InChI=1S/C24H34N6O/c1-3-29(21-8-5-4-6-9-21)16-7-14-27-24(25-2)28-18-20-10-12-22(13-11-20)30-17-15-26-23(31)19-30/h4-6,8-13H,3,7,14-19H2,1-2H3,(H,26,31)(H2,25,27,28). The van der Waals surface area contributed by atoms with Crippen LogP contribution in [-0.2, 0) is 11.3 Å². The molecule has 1 aliphatic rings. The fourth-order valence-electron chi connectivity index (χ4n) is 3.68. The summed E-state index contributed by atoms with van der Waals surface area (Å²) in [5, 5.41) is 9.63. The molecule has 0 spiro atoms. The van der Waals surface area contributed by atoms with E-state index in [9.17, 15) is 4.79 Å². The van der Waals surface area contributed by atoms with Crippen molar-refractivity contribution < 1.29 is 4.79 Å². The SMILES string of the molecule is CCN(CCCNC(=NC)NCc1ccc(N2CCNC(=O)C2)cc1)c1ccccc1. The molecule has 0 atom stereocenters. The number of piperazine rings is 1. The Hall–Kier alpha value is -3.22. The van der Waals surface area contributed by atoms with Crippen molar-refractivity contribution in [3.63, 3.8) is 0 Å². The summed E-state index contributed by atoms with van der Waals surface area (Å²) >= 11 is 0. The Labute approximate surface area is 185 Å². The molecule has 7 nitrogen and oxygen atoms in total. The van der Waals surface area contributed by atoms with E-state index in [4.69, 9.17) is 0 Å². The maximum absolute atomic E-state index is 11.6. The van der Waals surface area contributed by atoms with E-state index in [-0.39, 0.29) is 5.91 Å². The zero-order valence-electron chi connectivity index (χ0n) is 18.6. The lowest BCUT2D eigenvalue weighted by molar-refractivity contribution is -0.120. The van der Waals surface area contributed by atoms with Crippen LogP contribution in [0.25, 0.3) is 0 Å². The first kappa shape index (κ1) is 22.5. The second kappa shape index (κ2) is 11.8. The number of amides is 1. The Morgan fingerprint density at radius 3 is 2.58 bits per heavy atom. The fraction of sp³-hybridized carbons (Fsp3) is 0.417. The topological polar surface area (TPSA) is 72.0 Å². The molecule has 1 heterocycles. The molecule has 3 rings (SSSR count). The van der Waals surface area contributed by atoms with Gasteiger partial charge < -0.3 is 25.8 Å². The molecule has 1 aliphatic heterocycles. The summed E-state index contributed by atoms with van der Waals surface area (Å²) < 4.78 is 0. The van der Waals surface area contributed by atoms with Crippen molar-refractivity contribution in [2.24, 2.45) is 4.99 Å². The van der Waals surface area contributed by atoms with Crippen molar-refractivity contribution in [2.45, 2.75) is 19.9 Å². The van der Waals surface area contributed by atoms with Crippen molar-refractivity contribution in [2.75, 3.05) is 56.1 Å². The number of nitrogens with one attached hydrogen (secondary N) is 3. The fourth-order valence-corrected chi connectivity index (χ4v) is 3.68. The van der Waals surface area contributed by atoms with Crippen LogP contribution in [0.4, 0.5) is 11.4 Å². The van der Waals surface area contributed by atoms with Crippen molar-refractivity contribution in [1.82, 2.24) is 16.0 Å². The molecule has 2 aromatic carbocycles. The molecule has 166 valence electrons. The average molecular weight is 423 g/mol. The number of anilines is 2. The number of guanidine groups is 1. The van der Waals surface area contributed by atoms with Gasteiger partial charge in [-0.25, -0.2) is 0 Å². The van der Waals surface area contributed by atoms with Gasteiger partial charge in [-0.15, -0.1) is 0 Å². The number of aliphatic imine (C=N–C) groups is 1. The Bertz CT molecular complexity index is 837. The largest absolute Gasteiger partial charge is 0.372 e. The molecule has 0 unspecified atom stereocenters. The van der Waals surface area contributed by atoms with Gasteiger partial charge in [-0.1, -0.05) is 30.3 Å². The molecule has 2 aromatic rings. The molecule has 1 fully saturated rings. The number of rotatable bonds is 9. The molecule has 7 heteroatoms. The predicted molar refractivity (Wildman–Crippen MR) is 129 cm³/mol. The summed E-state index contributed by atoms with van der Waals surface area (Å²) in [5.41, 5.74) is 3.52. The molecule has 1 saturated heterocycles. The third-order valence-corrected chi connectivity index (χ3v) is 5.42. The van der Waals surface area contributed by atoms with Crippen LogP contribution < -0.4 is 25.8 Å². The lowest BCUT2D eigenvalue weighted by Gasteiger charge is -2.28. The Kier molecular flexibility index (Phi) is 8.58. The van der Waals surface area contributed by atoms with Gasteiger partial charge in [0.15, 0.2) is 5.96 Å². The normalized spacial score (nSPS) is 14.2. The first-order chi connectivity index (χ1) is 15.2. The van der Waals surface area contributed by atoms with Gasteiger partial charge >= 0.3 is 0 Å². The molecule has 0 radical (unpaired) electrons. The van der Waals surface area contributed by atoms with E-state index in [1.165, 1.54) is 11.3 Å². The quantitative estimate of drug-likeness (QED) is 0.328. The van der Waals surface area contributed by atoms with Crippen LogP contribution in [0.2, 0.25) is 0 Å². The zero-order chi connectivity index (χ0) is 21.9. The van der Waals surface area contributed by atoms with Gasteiger partial charge in [0.1, 0.15) is 0 Å². The third kappa shape index (κ3) is 6.91. The molecular weight excluding hydrogens is 388 g/mol. The van der Waals surface area contributed by atoms with Gasteiger partial charge in [-0.2, -0.15) is 0 Å². The van der Waals surface area contributed by atoms with E-state index >= 15 is 0 Å². The van der Waals surface area contributed by atoms with Gasteiger partial charge in [0.05, 0.1) is 6.54 Å². The maximum Gasteiger partial charge on any atom is 0.239 e. The van der Waals surface area contributed by atoms with Gasteiger partial charge in [0.2, 0.25) is 5.91 Å². The maximum atomic E-state index is 11.6. The molecular formula is C24H34N6O. The van der Waals surface area contributed by atoms with Crippen LogP contribution in [0.3, 0.4) is 0 Å². The second-order valence-corrected chi connectivity index (χ2v) is 7.56. The zero-order valence-corrected chi connectivity index (χ0v) is 18.6. The third-order valence-electron chi connectivity index (χ3n) is 5.42. The molecule has 0 aliphatic carbocycles. The van der Waals surface area contributed by atoms with Gasteiger partial charge in [0.25, 0.3) is 0 Å². The molecule has 3 N–H and O–H groups in total. The number of nitrogens with zero attached hydrogens (tertiary/aromatic N) is 3. The van der Waals surface area contributed by atoms with Crippen molar-refractivity contribution in [3.05, 3.63) is 60.2 Å². The monoisotopic (exact) mass is 422 g/mol. The highest BCUT2D eigenvalue weighted by atomic mass is 16.2. The van der Waals surface area contributed by atoms with E-state index in [1.807, 2.05) is 6.07 Å².